The number of aliphatic carboxylic acids is 1. The summed E-state index contributed by atoms with van der Waals surface area (Å²) in [5.41, 5.74) is 4.62. The predicted molar refractivity (Wildman–Crippen MR) is 130 cm³/mol. The molecule has 0 spiro atoms. The molecule has 0 aromatic heterocycles. The molecule has 2 aliphatic rings. The summed E-state index contributed by atoms with van der Waals surface area (Å²) in [5.74, 6) is -1.06. The number of amides is 2. The van der Waals surface area contributed by atoms with Crippen LogP contribution in [-0.4, -0.2) is 55.0 Å². The fourth-order valence-corrected chi connectivity index (χ4v) is 4.85. The molecule has 1 aliphatic heterocycles. The minimum atomic E-state index is -0.786. The number of alkyl carbamates (subject to hydrolysis) is 1. The standard InChI is InChI=1S/C27H32N2O6/c30-24(31)13-3-1-2-8-15-28-26(32)25-23(14-16-34-25)29-27(33)35-17-22-20-11-6-4-9-18(20)19-10-5-7-12-21(19)22/h4-7,9-12,22-23,25H,1-3,8,13-17H2,(H,28,32)(H,29,33)(H,30,31)/t23-,25+/m0/s1. The van der Waals surface area contributed by atoms with Crippen molar-refractivity contribution in [2.75, 3.05) is 19.8 Å². The first-order valence-corrected chi connectivity index (χ1v) is 12.3. The van der Waals surface area contributed by atoms with Crippen LogP contribution in [0.5, 0.6) is 0 Å². The Balaban J connectivity index is 1.22. The summed E-state index contributed by atoms with van der Waals surface area (Å²) >= 11 is 0. The highest BCUT2D eigenvalue weighted by molar-refractivity contribution is 5.83. The van der Waals surface area contributed by atoms with E-state index in [1.54, 1.807) is 0 Å². The first-order chi connectivity index (χ1) is 17.0. The van der Waals surface area contributed by atoms with Gasteiger partial charge in [0.05, 0.1) is 6.04 Å². The van der Waals surface area contributed by atoms with Gasteiger partial charge in [-0.25, -0.2) is 4.79 Å². The molecule has 186 valence electrons. The predicted octanol–water partition coefficient (Wildman–Crippen LogP) is 3.83. The van der Waals surface area contributed by atoms with Gasteiger partial charge in [0.1, 0.15) is 6.61 Å². The molecule has 2 aromatic carbocycles. The van der Waals surface area contributed by atoms with E-state index in [0.717, 1.165) is 30.4 Å². The Kier molecular flexibility index (Phi) is 8.36. The second-order valence-electron chi connectivity index (χ2n) is 9.01. The smallest absolute Gasteiger partial charge is 0.407 e. The van der Waals surface area contributed by atoms with Crippen molar-refractivity contribution in [1.82, 2.24) is 10.6 Å². The molecule has 1 saturated heterocycles. The molecule has 4 rings (SSSR count). The van der Waals surface area contributed by atoms with Crippen molar-refractivity contribution >= 4 is 18.0 Å². The van der Waals surface area contributed by atoms with Gasteiger partial charge < -0.3 is 25.2 Å². The molecule has 1 aliphatic carbocycles. The van der Waals surface area contributed by atoms with E-state index in [9.17, 15) is 14.4 Å². The number of hydrogen-bond donors (Lipinski definition) is 3. The van der Waals surface area contributed by atoms with Crippen molar-refractivity contribution in [2.24, 2.45) is 0 Å². The molecule has 8 nitrogen and oxygen atoms in total. The summed E-state index contributed by atoms with van der Waals surface area (Å²) < 4.78 is 11.2. The Hall–Kier alpha value is -3.39. The number of ether oxygens (including phenoxy) is 2. The highest BCUT2D eigenvalue weighted by atomic mass is 16.6. The maximum Gasteiger partial charge on any atom is 0.407 e. The molecular weight excluding hydrogens is 448 g/mol. The first kappa shape index (κ1) is 24.7. The van der Waals surface area contributed by atoms with Crippen LogP contribution in [-0.2, 0) is 19.1 Å². The van der Waals surface area contributed by atoms with E-state index in [4.69, 9.17) is 14.6 Å². The second-order valence-corrected chi connectivity index (χ2v) is 9.01. The molecule has 0 bridgehead atoms. The number of carboxylic acids is 1. The van der Waals surface area contributed by atoms with E-state index in [1.807, 2.05) is 24.3 Å². The number of unbranched alkanes of at least 4 members (excludes halogenated alkanes) is 3. The Morgan fingerprint density at radius 1 is 0.943 bits per heavy atom. The normalized spacial score (nSPS) is 18.5. The Morgan fingerprint density at radius 3 is 2.29 bits per heavy atom. The van der Waals surface area contributed by atoms with Crippen molar-refractivity contribution in [3.63, 3.8) is 0 Å². The average molecular weight is 481 g/mol. The second kappa shape index (κ2) is 11.8. The fraction of sp³-hybridized carbons (Fsp3) is 0.444. The Bertz CT molecular complexity index is 1010. The lowest BCUT2D eigenvalue weighted by molar-refractivity contribution is -0.137. The number of fused-ring (bicyclic) bond motifs is 3. The van der Waals surface area contributed by atoms with Crippen LogP contribution in [0.15, 0.2) is 48.5 Å². The van der Waals surface area contributed by atoms with E-state index in [1.165, 1.54) is 11.1 Å². The molecule has 1 fully saturated rings. The van der Waals surface area contributed by atoms with E-state index in [-0.39, 0.29) is 24.9 Å². The van der Waals surface area contributed by atoms with Crippen LogP contribution >= 0.6 is 0 Å². The van der Waals surface area contributed by atoms with E-state index < -0.39 is 24.2 Å². The zero-order valence-electron chi connectivity index (χ0n) is 19.7. The lowest BCUT2D eigenvalue weighted by Gasteiger charge is -2.20. The third-order valence-corrected chi connectivity index (χ3v) is 6.61. The summed E-state index contributed by atoms with van der Waals surface area (Å²) in [6.07, 6.45) is 2.47. The number of carbonyl (C=O) groups is 3. The SMILES string of the molecule is O=C(O)CCCCCCNC(=O)[C@@H]1OCC[C@@H]1NC(=O)OCC1c2ccccc2-c2ccccc21. The van der Waals surface area contributed by atoms with Crippen LogP contribution in [0, 0.1) is 0 Å². The molecule has 8 heteroatoms. The number of nitrogens with one attached hydrogen (secondary N) is 2. The van der Waals surface area contributed by atoms with Crippen molar-refractivity contribution in [2.45, 2.75) is 56.6 Å². The molecule has 3 N–H and O–H groups in total. The maximum atomic E-state index is 12.6. The minimum absolute atomic E-state index is 0.0254. The van der Waals surface area contributed by atoms with Gasteiger partial charge in [-0.1, -0.05) is 61.4 Å². The van der Waals surface area contributed by atoms with E-state index >= 15 is 0 Å². The average Bonchev–Trinajstić information content (AvgIpc) is 3.44. The number of benzene rings is 2. The largest absolute Gasteiger partial charge is 0.481 e. The fourth-order valence-electron chi connectivity index (χ4n) is 4.85. The van der Waals surface area contributed by atoms with Gasteiger partial charge in [0.25, 0.3) is 5.91 Å². The maximum absolute atomic E-state index is 12.6. The number of carboxylic acid groups (broad SMARTS) is 1. The molecule has 2 aromatic rings. The zero-order chi connectivity index (χ0) is 24.6. The monoisotopic (exact) mass is 480 g/mol. The van der Waals surface area contributed by atoms with E-state index in [0.29, 0.717) is 26.0 Å². The van der Waals surface area contributed by atoms with Gasteiger partial charge in [-0.2, -0.15) is 0 Å². The zero-order valence-corrected chi connectivity index (χ0v) is 19.7. The molecule has 2 amide bonds. The molecular formula is C27H32N2O6. The summed E-state index contributed by atoms with van der Waals surface area (Å²) in [7, 11) is 0. The molecule has 0 radical (unpaired) electrons. The summed E-state index contributed by atoms with van der Waals surface area (Å²) in [4.78, 5) is 35.7. The Morgan fingerprint density at radius 2 is 1.60 bits per heavy atom. The summed E-state index contributed by atoms with van der Waals surface area (Å²) in [6, 6.07) is 15.9. The van der Waals surface area contributed by atoms with Crippen LogP contribution in [0.1, 0.15) is 55.6 Å². The first-order valence-electron chi connectivity index (χ1n) is 12.3. The molecule has 35 heavy (non-hydrogen) atoms. The third-order valence-electron chi connectivity index (χ3n) is 6.61. The van der Waals surface area contributed by atoms with Crippen LogP contribution < -0.4 is 10.6 Å². The van der Waals surface area contributed by atoms with Crippen molar-refractivity contribution in [3.05, 3.63) is 59.7 Å². The van der Waals surface area contributed by atoms with Crippen LogP contribution in [0.3, 0.4) is 0 Å². The topological polar surface area (TPSA) is 114 Å². The lowest BCUT2D eigenvalue weighted by Crippen LogP contribution is -2.48. The van der Waals surface area contributed by atoms with E-state index in [2.05, 4.69) is 34.9 Å². The summed E-state index contributed by atoms with van der Waals surface area (Å²) in [5, 5.41) is 14.3. The minimum Gasteiger partial charge on any atom is -0.481 e. The van der Waals surface area contributed by atoms with Gasteiger partial charge in [0.2, 0.25) is 0 Å². The Labute approximate surface area is 205 Å². The van der Waals surface area contributed by atoms with Gasteiger partial charge in [0, 0.05) is 25.5 Å². The number of rotatable bonds is 11. The highest BCUT2D eigenvalue weighted by Crippen LogP contribution is 2.44. The highest BCUT2D eigenvalue weighted by Gasteiger charge is 2.36. The number of hydrogen-bond acceptors (Lipinski definition) is 5. The summed E-state index contributed by atoms with van der Waals surface area (Å²) in [6.45, 7) is 1.09. The third kappa shape index (κ3) is 6.19. The molecule has 2 atom stereocenters. The molecule has 0 saturated carbocycles. The van der Waals surface area contributed by atoms with Crippen molar-refractivity contribution < 1.29 is 29.0 Å². The van der Waals surface area contributed by atoms with Gasteiger partial charge >= 0.3 is 12.1 Å². The quantitative estimate of drug-likeness (QED) is 0.421. The van der Waals surface area contributed by atoms with Gasteiger partial charge in [0.15, 0.2) is 6.10 Å². The van der Waals surface area contributed by atoms with Gasteiger partial charge in [-0.05, 0) is 41.5 Å². The van der Waals surface area contributed by atoms with Gasteiger partial charge in [-0.15, -0.1) is 0 Å². The number of carbonyl (C=O) groups excluding carboxylic acids is 2. The lowest BCUT2D eigenvalue weighted by atomic mass is 9.98. The van der Waals surface area contributed by atoms with Crippen LogP contribution in [0.4, 0.5) is 4.79 Å². The van der Waals surface area contributed by atoms with Crippen LogP contribution in [0.2, 0.25) is 0 Å². The van der Waals surface area contributed by atoms with Crippen LogP contribution in [0.25, 0.3) is 11.1 Å². The molecule has 0 unspecified atom stereocenters. The van der Waals surface area contributed by atoms with Crippen molar-refractivity contribution in [3.8, 4) is 11.1 Å². The van der Waals surface area contributed by atoms with Gasteiger partial charge in [-0.3, -0.25) is 9.59 Å². The molecule has 1 heterocycles. The van der Waals surface area contributed by atoms with Crippen molar-refractivity contribution in [1.29, 1.82) is 0 Å².